The van der Waals surface area contributed by atoms with E-state index in [1.165, 1.54) is 12.1 Å². The van der Waals surface area contributed by atoms with Gasteiger partial charge in [0.1, 0.15) is 5.82 Å². The van der Waals surface area contributed by atoms with Crippen LogP contribution in [0.4, 0.5) is 10.1 Å². The van der Waals surface area contributed by atoms with Crippen LogP contribution in [0.2, 0.25) is 0 Å². The predicted octanol–water partition coefficient (Wildman–Crippen LogP) is 2.08. The molecule has 0 radical (unpaired) electrons. The third kappa shape index (κ3) is 2.61. The van der Waals surface area contributed by atoms with Crippen molar-refractivity contribution in [2.75, 3.05) is 18.8 Å². The lowest BCUT2D eigenvalue weighted by atomic mass is 10.0. The van der Waals surface area contributed by atoms with E-state index in [9.17, 15) is 9.18 Å². The zero-order valence-corrected chi connectivity index (χ0v) is 11.6. The van der Waals surface area contributed by atoms with Crippen LogP contribution >= 0.6 is 0 Å². The topological polar surface area (TPSA) is 64.2 Å². The first kappa shape index (κ1) is 13.6. The zero-order chi connectivity index (χ0) is 14.8. The predicted molar refractivity (Wildman–Crippen MR) is 77.2 cm³/mol. The number of nitrogens with zero attached hydrogens (tertiary/aromatic N) is 3. The Balaban J connectivity index is 1.69. The van der Waals surface area contributed by atoms with Crippen molar-refractivity contribution in [1.82, 2.24) is 14.7 Å². The van der Waals surface area contributed by atoms with Crippen LogP contribution in [-0.2, 0) is 0 Å². The molecular weight excluding hydrogens is 271 g/mol. The molecule has 1 fully saturated rings. The number of carbonyl (C=O) groups excluding carboxylic acids is 1. The van der Waals surface area contributed by atoms with Crippen LogP contribution in [0.5, 0.6) is 0 Å². The maximum absolute atomic E-state index is 13.4. The van der Waals surface area contributed by atoms with E-state index >= 15 is 0 Å². The number of nitrogens with two attached hydrogens (primary N) is 1. The molecule has 1 aliphatic heterocycles. The fourth-order valence-corrected chi connectivity index (χ4v) is 2.72. The van der Waals surface area contributed by atoms with Crippen molar-refractivity contribution in [1.29, 1.82) is 0 Å². The van der Waals surface area contributed by atoms with Gasteiger partial charge in [0.2, 0.25) is 0 Å². The summed E-state index contributed by atoms with van der Waals surface area (Å²) in [5, 5.41) is 4.24. The molecule has 21 heavy (non-hydrogen) atoms. The minimum absolute atomic E-state index is 0.0725. The number of para-hydroxylation sites is 1. The second kappa shape index (κ2) is 5.55. The van der Waals surface area contributed by atoms with Crippen LogP contribution in [0, 0.1) is 5.82 Å². The zero-order valence-electron chi connectivity index (χ0n) is 11.6. The molecule has 0 aliphatic carbocycles. The standard InChI is InChI=1S/C15H17FN4O/c16-13-4-1-3-12(14(13)17)15(21)19-9-5-11(6-10-19)20-8-2-7-18-20/h1-4,7-8,11H,5-6,9-10,17H2. The quantitative estimate of drug-likeness (QED) is 0.861. The van der Waals surface area contributed by atoms with Crippen LogP contribution in [-0.4, -0.2) is 33.7 Å². The van der Waals surface area contributed by atoms with E-state index in [-0.39, 0.29) is 17.2 Å². The number of hydrogen-bond acceptors (Lipinski definition) is 3. The lowest BCUT2D eigenvalue weighted by Crippen LogP contribution is -2.39. The first-order valence-electron chi connectivity index (χ1n) is 6.99. The Morgan fingerprint density at radius 1 is 1.29 bits per heavy atom. The summed E-state index contributed by atoms with van der Waals surface area (Å²) in [6.07, 6.45) is 5.36. The number of piperidine rings is 1. The average molecular weight is 288 g/mol. The van der Waals surface area contributed by atoms with Gasteiger partial charge in [-0.3, -0.25) is 9.48 Å². The molecule has 1 amide bonds. The highest BCUT2D eigenvalue weighted by atomic mass is 19.1. The Morgan fingerprint density at radius 2 is 2.05 bits per heavy atom. The van der Waals surface area contributed by atoms with Crippen LogP contribution in [0.25, 0.3) is 0 Å². The third-order valence-corrected chi connectivity index (χ3v) is 3.93. The van der Waals surface area contributed by atoms with E-state index in [0.717, 1.165) is 12.8 Å². The summed E-state index contributed by atoms with van der Waals surface area (Å²) in [7, 11) is 0. The molecule has 0 saturated carbocycles. The monoisotopic (exact) mass is 288 g/mol. The van der Waals surface area contributed by atoms with Gasteiger partial charge in [-0.2, -0.15) is 5.10 Å². The van der Waals surface area contributed by atoms with E-state index in [1.807, 2.05) is 16.9 Å². The summed E-state index contributed by atoms with van der Waals surface area (Å²) >= 11 is 0. The third-order valence-electron chi connectivity index (χ3n) is 3.93. The lowest BCUT2D eigenvalue weighted by molar-refractivity contribution is 0.0690. The number of carbonyl (C=O) groups is 1. The van der Waals surface area contributed by atoms with Crippen LogP contribution in [0.3, 0.4) is 0 Å². The molecule has 110 valence electrons. The molecule has 0 bridgehead atoms. The minimum atomic E-state index is -0.549. The van der Waals surface area contributed by atoms with Crippen molar-refractivity contribution in [3.8, 4) is 0 Å². The molecule has 3 rings (SSSR count). The van der Waals surface area contributed by atoms with Gasteiger partial charge < -0.3 is 10.6 Å². The van der Waals surface area contributed by atoms with Gasteiger partial charge in [0.05, 0.1) is 17.3 Å². The second-order valence-corrected chi connectivity index (χ2v) is 5.21. The first-order valence-corrected chi connectivity index (χ1v) is 6.99. The van der Waals surface area contributed by atoms with E-state index in [1.54, 1.807) is 17.2 Å². The van der Waals surface area contributed by atoms with Gasteiger partial charge in [0.15, 0.2) is 0 Å². The number of rotatable bonds is 2. The maximum Gasteiger partial charge on any atom is 0.256 e. The van der Waals surface area contributed by atoms with Crippen LogP contribution in [0.1, 0.15) is 29.2 Å². The number of nitrogen functional groups attached to an aromatic ring is 1. The van der Waals surface area contributed by atoms with Crippen molar-refractivity contribution < 1.29 is 9.18 Å². The summed E-state index contributed by atoms with van der Waals surface area (Å²) in [6.45, 7) is 1.25. The molecule has 1 saturated heterocycles. The summed E-state index contributed by atoms with van der Waals surface area (Å²) in [5.74, 6) is -0.752. The van der Waals surface area contributed by atoms with E-state index in [4.69, 9.17) is 5.73 Å². The second-order valence-electron chi connectivity index (χ2n) is 5.21. The van der Waals surface area contributed by atoms with Gasteiger partial charge in [0, 0.05) is 25.5 Å². The van der Waals surface area contributed by atoms with Crippen molar-refractivity contribution in [2.45, 2.75) is 18.9 Å². The van der Waals surface area contributed by atoms with Gasteiger partial charge in [-0.15, -0.1) is 0 Å². The largest absolute Gasteiger partial charge is 0.396 e. The van der Waals surface area contributed by atoms with Crippen molar-refractivity contribution in [2.24, 2.45) is 0 Å². The molecule has 2 heterocycles. The summed E-state index contributed by atoms with van der Waals surface area (Å²) in [4.78, 5) is 14.2. The number of anilines is 1. The van der Waals surface area contributed by atoms with E-state index < -0.39 is 5.82 Å². The Bertz CT molecular complexity index is 633. The molecule has 1 aromatic carbocycles. The highest BCUT2D eigenvalue weighted by Crippen LogP contribution is 2.24. The molecule has 6 heteroatoms. The molecule has 1 aliphatic rings. The normalized spacial score (nSPS) is 16.1. The van der Waals surface area contributed by atoms with E-state index in [0.29, 0.717) is 19.1 Å². The van der Waals surface area contributed by atoms with Crippen LogP contribution in [0.15, 0.2) is 36.7 Å². The molecule has 0 atom stereocenters. The Kier molecular flexibility index (Phi) is 3.60. The molecule has 0 spiro atoms. The Morgan fingerprint density at radius 3 is 2.71 bits per heavy atom. The number of likely N-dealkylation sites (tertiary alicyclic amines) is 1. The van der Waals surface area contributed by atoms with Gasteiger partial charge in [-0.25, -0.2) is 4.39 Å². The fraction of sp³-hybridized carbons (Fsp3) is 0.333. The highest BCUT2D eigenvalue weighted by molar-refractivity contribution is 5.99. The molecule has 2 aromatic rings. The molecule has 2 N–H and O–H groups in total. The lowest BCUT2D eigenvalue weighted by Gasteiger charge is -2.32. The smallest absolute Gasteiger partial charge is 0.256 e. The number of aromatic nitrogens is 2. The summed E-state index contributed by atoms with van der Waals surface area (Å²) in [6, 6.07) is 6.55. The summed E-state index contributed by atoms with van der Waals surface area (Å²) < 4.78 is 15.4. The van der Waals surface area contributed by atoms with Gasteiger partial charge in [-0.05, 0) is 31.0 Å². The van der Waals surface area contributed by atoms with E-state index in [2.05, 4.69) is 5.10 Å². The Labute approximate surface area is 122 Å². The maximum atomic E-state index is 13.4. The minimum Gasteiger partial charge on any atom is -0.396 e. The molecule has 5 nitrogen and oxygen atoms in total. The van der Waals surface area contributed by atoms with Gasteiger partial charge >= 0.3 is 0 Å². The fourth-order valence-electron chi connectivity index (χ4n) is 2.72. The first-order chi connectivity index (χ1) is 10.2. The number of benzene rings is 1. The number of hydrogen-bond donors (Lipinski definition) is 1. The Hall–Kier alpha value is -2.37. The number of halogens is 1. The highest BCUT2D eigenvalue weighted by Gasteiger charge is 2.26. The molecule has 0 unspecified atom stereocenters. The SMILES string of the molecule is Nc1c(F)cccc1C(=O)N1CCC(n2cccn2)CC1. The van der Waals surface area contributed by atoms with Crippen molar-refractivity contribution in [3.05, 3.63) is 48.0 Å². The average Bonchev–Trinajstić information content (AvgIpc) is 3.04. The molecule has 1 aromatic heterocycles. The van der Waals surface area contributed by atoms with Crippen LogP contribution < -0.4 is 5.73 Å². The van der Waals surface area contributed by atoms with Gasteiger partial charge in [-0.1, -0.05) is 6.07 Å². The number of amides is 1. The molecular formula is C15H17FN4O. The van der Waals surface area contributed by atoms with Crippen molar-refractivity contribution in [3.63, 3.8) is 0 Å². The van der Waals surface area contributed by atoms with Gasteiger partial charge in [0.25, 0.3) is 5.91 Å². The summed E-state index contributed by atoms with van der Waals surface area (Å²) in [5.41, 5.74) is 5.83. The van der Waals surface area contributed by atoms with Crippen molar-refractivity contribution >= 4 is 11.6 Å².